The summed E-state index contributed by atoms with van der Waals surface area (Å²) in [6.45, 7) is 4.16. The van der Waals surface area contributed by atoms with Crippen molar-refractivity contribution in [2.45, 2.75) is 26.7 Å². The number of nitrogens with zero attached hydrogens (tertiary/aromatic N) is 1. The van der Waals surface area contributed by atoms with Gasteiger partial charge in [0.1, 0.15) is 5.82 Å². The zero-order valence-corrected chi connectivity index (χ0v) is 11.5. The van der Waals surface area contributed by atoms with E-state index in [0.717, 1.165) is 17.1 Å². The standard InChI is InChI=1S/C15H18N2O2/c1-10-4-5-12(11(2)8-10)13-9-16-14(17-13)6-7-15(18)19-3/h4-5,8-9H,6-7H2,1-3H3,(H,16,17). The van der Waals surface area contributed by atoms with Crippen molar-refractivity contribution < 1.29 is 9.53 Å². The van der Waals surface area contributed by atoms with Crippen molar-refractivity contribution in [2.75, 3.05) is 7.11 Å². The second kappa shape index (κ2) is 5.69. The summed E-state index contributed by atoms with van der Waals surface area (Å²) < 4.78 is 4.62. The maximum Gasteiger partial charge on any atom is 0.305 e. The van der Waals surface area contributed by atoms with Gasteiger partial charge in [-0.05, 0) is 19.4 Å². The molecule has 0 aliphatic rings. The third kappa shape index (κ3) is 3.22. The number of hydrogen-bond donors (Lipinski definition) is 1. The van der Waals surface area contributed by atoms with Crippen LogP contribution < -0.4 is 0 Å². The Kier molecular flexibility index (Phi) is 4.00. The number of aryl methyl sites for hydroxylation is 3. The van der Waals surface area contributed by atoms with Crippen LogP contribution in [0.2, 0.25) is 0 Å². The second-order valence-electron chi connectivity index (χ2n) is 4.64. The molecule has 1 aromatic heterocycles. The topological polar surface area (TPSA) is 55.0 Å². The summed E-state index contributed by atoms with van der Waals surface area (Å²) in [4.78, 5) is 18.6. The monoisotopic (exact) mass is 258 g/mol. The van der Waals surface area contributed by atoms with Gasteiger partial charge in [0, 0.05) is 12.0 Å². The summed E-state index contributed by atoms with van der Waals surface area (Å²) >= 11 is 0. The van der Waals surface area contributed by atoms with Crippen molar-refractivity contribution in [1.29, 1.82) is 0 Å². The first-order valence-corrected chi connectivity index (χ1v) is 6.28. The number of benzene rings is 1. The molecule has 100 valence electrons. The molecule has 0 saturated heterocycles. The van der Waals surface area contributed by atoms with E-state index in [1.165, 1.54) is 18.2 Å². The van der Waals surface area contributed by atoms with E-state index in [1.807, 2.05) is 6.20 Å². The molecule has 0 atom stereocenters. The van der Waals surface area contributed by atoms with Crippen molar-refractivity contribution >= 4 is 5.97 Å². The number of hydrogen-bond acceptors (Lipinski definition) is 3. The fourth-order valence-electron chi connectivity index (χ4n) is 2.06. The SMILES string of the molecule is COC(=O)CCc1ncc(-c2ccc(C)cc2C)[nH]1. The van der Waals surface area contributed by atoms with Gasteiger partial charge in [0.15, 0.2) is 0 Å². The highest BCUT2D eigenvalue weighted by molar-refractivity contribution is 5.69. The van der Waals surface area contributed by atoms with Gasteiger partial charge in [-0.3, -0.25) is 4.79 Å². The van der Waals surface area contributed by atoms with E-state index >= 15 is 0 Å². The van der Waals surface area contributed by atoms with Gasteiger partial charge in [-0.1, -0.05) is 23.8 Å². The quantitative estimate of drug-likeness (QED) is 0.858. The zero-order valence-electron chi connectivity index (χ0n) is 11.5. The van der Waals surface area contributed by atoms with E-state index in [4.69, 9.17) is 0 Å². The Morgan fingerprint density at radius 1 is 1.37 bits per heavy atom. The number of nitrogens with one attached hydrogen (secondary N) is 1. The van der Waals surface area contributed by atoms with E-state index in [2.05, 4.69) is 46.8 Å². The fraction of sp³-hybridized carbons (Fsp3) is 0.333. The molecule has 0 amide bonds. The Bertz CT molecular complexity index is 588. The largest absolute Gasteiger partial charge is 0.469 e. The van der Waals surface area contributed by atoms with Gasteiger partial charge in [0.05, 0.1) is 25.4 Å². The number of carbonyl (C=O) groups excluding carboxylic acids is 1. The number of carbonyl (C=O) groups is 1. The number of aromatic amines is 1. The fourth-order valence-corrected chi connectivity index (χ4v) is 2.06. The van der Waals surface area contributed by atoms with E-state index in [-0.39, 0.29) is 5.97 Å². The van der Waals surface area contributed by atoms with Gasteiger partial charge in [-0.2, -0.15) is 0 Å². The molecule has 2 rings (SSSR count). The first-order chi connectivity index (χ1) is 9.10. The summed E-state index contributed by atoms with van der Waals surface area (Å²) in [6, 6.07) is 6.31. The highest BCUT2D eigenvalue weighted by atomic mass is 16.5. The van der Waals surface area contributed by atoms with Crippen LogP contribution in [0.1, 0.15) is 23.4 Å². The first kappa shape index (κ1) is 13.3. The number of rotatable bonds is 4. The third-order valence-electron chi connectivity index (χ3n) is 3.09. The Balaban J connectivity index is 2.14. The molecule has 0 unspecified atom stereocenters. The lowest BCUT2D eigenvalue weighted by atomic mass is 10.0. The van der Waals surface area contributed by atoms with E-state index in [0.29, 0.717) is 12.8 Å². The molecular formula is C15H18N2O2. The lowest BCUT2D eigenvalue weighted by molar-refractivity contribution is -0.140. The van der Waals surface area contributed by atoms with Crippen LogP contribution in [0.25, 0.3) is 11.3 Å². The van der Waals surface area contributed by atoms with Crippen LogP contribution in [0.4, 0.5) is 0 Å². The Morgan fingerprint density at radius 3 is 2.84 bits per heavy atom. The van der Waals surface area contributed by atoms with Crippen LogP contribution >= 0.6 is 0 Å². The molecule has 0 saturated carbocycles. The molecule has 4 heteroatoms. The molecular weight excluding hydrogens is 240 g/mol. The summed E-state index contributed by atoms with van der Waals surface area (Å²) in [6.07, 6.45) is 2.72. The molecule has 0 aliphatic heterocycles. The molecule has 2 aromatic rings. The summed E-state index contributed by atoms with van der Waals surface area (Å²) in [5, 5.41) is 0. The van der Waals surface area contributed by atoms with Crippen molar-refractivity contribution in [1.82, 2.24) is 9.97 Å². The summed E-state index contributed by atoms with van der Waals surface area (Å²) in [5.74, 6) is 0.588. The van der Waals surface area contributed by atoms with E-state index in [9.17, 15) is 4.79 Å². The van der Waals surface area contributed by atoms with Crippen LogP contribution in [0.15, 0.2) is 24.4 Å². The van der Waals surface area contributed by atoms with Crippen LogP contribution in [0.3, 0.4) is 0 Å². The lowest BCUT2D eigenvalue weighted by Gasteiger charge is -2.04. The number of methoxy groups -OCH3 is 1. The predicted octanol–water partition coefficient (Wildman–Crippen LogP) is 2.80. The van der Waals surface area contributed by atoms with E-state index in [1.54, 1.807) is 0 Å². The average molecular weight is 258 g/mol. The number of H-pyrrole nitrogens is 1. The molecule has 0 fully saturated rings. The van der Waals surface area contributed by atoms with Crippen LogP contribution in [-0.4, -0.2) is 23.0 Å². The van der Waals surface area contributed by atoms with Crippen molar-refractivity contribution in [3.05, 3.63) is 41.3 Å². The van der Waals surface area contributed by atoms with Crippen molar-refractivity contribution in [3.8, 4) is 11.3 Å². The van der Waals surface area contributed by atoms with E-state index < -0.39 is 0 Å². The predicted molar refractivity (Wildman–Crippen MR) is 73.8 cm³/mol. The highest BCUT2D eigenvalue weighted by Gasteiger charge is 2.08. The average Bonchev–Trinajstić information content (AvgIpc) is 2.84. The van der Waals surface area contributed by atoms with Gasteiger partial charge in [0.2, 0.25) is 0 Å². The molecule has 1 heterocycles. The minimum Gasteiger partial charge on any atom is -0.469 e. The van der Waals surface area contributed by atoms with Gasteiger partial charge in [-0.25, -0.2) is 4.98 Å². The molecule has 0 radical (unpaired) electrons. The molecule has 4 nitrogen and oxygen atoms in total. The smallest absolute Gasteiger partial charge is 0.305 e. The molecule has 1 N–H and O–H groups in total. The third-order valence-corrected chi connectivity index (χ3v) is 3.09. The number of ether oxygens (including phenoxy) is 1. The minimum atomic E-state index is -0.218. The minimum absolute atomic E-state index is 0.218. The van der Waals surface area contributed by atoms with Gasteiger partial charge >= 0.3 is 5.97 Å². The number of aromatic nitrogens is 2. The Labute approximate surface area is 112 Å². The van der Waals surface area contributed by atoms with Gasteiger partial charge in [0.25, 0.3) is 0 Å². The van der Waals surface area contributed by atoms with Crippen LogP contribution in [0, 0.1) is 13.8 Å². The Hall–Kier alpha value is -2.10. The normalized spacial score (nSPS) is 10.5. The zero-order chi connectivity index (χ0) is 13.8. The van der Waals surface area contributed by atoms with Gasteiger partial charge in [-0.15, -0.1) is 0 Å². The molecule has 1 aromatic carbocycles. The molecule has 0 bridgehead atoms. The second-order valence-corrected chi connectivity index (χ2v) is 4.64. The lowest BCUT2D eigenvalue weighted by Crippen LogP contribution is -2.02. The highest BCUT2D eigenvalue weighted by Crippen LogP contribution is 2.22. The van der Waals surface area contributed by atoms with Crippen molar-refractivity contribution in [2.24, 2.45) is 0 Å². The number of esters is 1. The first-order valence-electron chi connectivity index (χ1n) is 6.28. The Morgan fingerprint density at radius 2 is 2.16 bits per heavy atom. The summed E-state index contributed by atoms with van der Waals surface area (Å²) in [7, 11) is 1.39. The molecule has 0 spiro atoms. The van der Waals surface area contributed by atoms with Crippen LogP contribution in [-0.2, 0) is 16.0 Å². The van der Waals surface area contributed by atoms with Gasteiger partial charge < -0.3 is 9.72 Å². The van der Waals surface area contributed by atoms with Crippen LogP contribution in [0.5, 0.6) is 0 Å². The maximum absolute atomic E-state index is 11.1. The maximum atomic E-state index is 11.1. The van der Waals surface area contributed by atoms with Crippen molar-refractivity contribution in [3.63, 3.8) is 0 Å². The number of imidazole rings is 1. The molecule has 19 heavy (non-hydrogen) atoms. The molecule has 0 aliphatic carbocycles. The summed E-state index contributed by atoms with van der Waals surface area (Å²) in [5.41, 5.74) is 4.58.